The zero-order valence-electron chi connectivity index (χ0n) is 14.7. The molecule has 0 bridgehead atoms. The van der Waals surface area contributed by atoms with E-state index in [-0.39, 0.29) is 5.63 Å². The Morgan fingerprint density at radius 2 is 1.59 bits per heavy atom. The minimum Gasteiger partial charge on any atom is -0.489 e. The molecule has 1 heterocycles. The molecule has 0 aliphatic rings. The molecule has 27 heavy (non-hydrogen) atoms. The van der Waals surface area contributed by atoms with Crippen LogP contribution < -0.4 is 10.4 Å². The summed E-state index contributed by atoms with van der Waals surface area (Å²) in [5.41, 5.74) is 2.69. The van der Waals surface area contributed by atoms with Crippen molar-refractivity contribution in [3.63, 3.8) is 0 Å². The Labute approximate surface area is 157 Å². The summed E-state index contributed by atoms with van der Waals surface area (Å²) in [7, 11) is 0. The quantitative estimate of drug-likeness (QED) is 0.441. The summed E-state index contributed by atoms with van der Waals surface area (Å²) in [6.07, 6.45) is 3.96. The topological polar surface area (TPSA) is 39.4 Å². The third-order valence-corrected chi connectivity index (χ3v) is 4.25. The molecule has 0 aliphatic carbocycles. The zero-order valence-corrected chi connectivity index (χ0v) is 14.7. The molecule has 4 aromatic rings. The van der Waals surface area contributed by atoms with Gasteiger partial charge in [0.1, 0.15) is 17.9 Å². The third kappa shape index (κ3) is 3.98. The summed E-state index contributed by atoms with van der Waals surface area (Å²) in [4.78, 5) is 12.3. The average molecular weight is 354 g/mol. The van der Waals surface area contributed by atoms with Crippen molar-refractivity contribution >= 4 is 17.0 Å². The highest BCUT2D eigenvalue weighted by atomic mass is 16.5. The molecule has 0 radical (unpaired) electrons. The van der Waals surface area contributed by atoms with Crippen LogP contribution in [0.3, 0.4) is 0 Å². The Morgan fingerprint density at radius 3 is 2.37 bits per heavy atom. The van der Waals surface area contributed by atoms with E-state index >= 15 is 0 Å². The maximum Gasteiger partial charge on any atom is 0.344 e. The van der Waals surface area contributed by atoms with Crippen LogP contribution in [0.15, 0.2) is 100 Å². The Bertz CT molecular complexity index is 1130. The Kier molecular flexibility index (Phi) is 4.84. The monoisotopic (exact) mass is 354 g/mol. The number of ether oxygens (including phenoxy) is 1. The molecule has 0 aliphatic heterocycles. The van der Waals surface area contributed by atoms with Gasteiger partial charge in [0.05, 0.1) is 5.56 Å². The van der Waals surface area contributed by atoms with Crippen molar-refractivity contribution in [1.82, 2.24) is 0 Å². The smallest absolute Gasteiger partial charge is 0.344 e. The lowest BCUT2D eigenvalue weighted by Crippen LogP contribution is -2.02. The summed E-state index contributed by atoms with van der Waals surface area (Å²) in [5, 5.41) is 0.862. The molecule has 1 aromatic heterocycles. The van der Waals surface area contributed by atoms with Crippen molar-refractivity contribution in [3.8, 4) is 16.9 Å². The highest BCUT2D eigenvalue weighted by Gasteiger charge is 2.08. The molecule has 0 atom stereocenters. The second kappa shape index (κ2) is 7.75. The van der Waals surface area contributed by atoms with Gasteiger partial charge in [0.25, 0.3) is 0 Å². The number of hydrogen-bond donors (Lipinski definition) is 0. The number of fused-ring (bicyclic) bond motifs is 1. The Hall–Kier alpha value is -3.59. The van der Waals surface area contributed by atoms with Crippen LogP contribution >= 0.6 is 0 Å². The summed E-state index contributed by atoms with van der Waals surface area (Å²) in [6, 6.07) is 27.0. The first-order valence-electron chi connectivity index (χ1n) is 8.77. The van der Waals surface area contributed by atoms with Gasteiger partial charge < -0.3 is 9.15 Å². The van der Waals surface area contributed by atoms with Gasteiger partial charge in [0.2, 0.25) is 0 Å². The largest absolute Gasteiger partial charge is 0.489 e. The van der Waals surface area contributed by atoms with Crippen molar-refractivity contribution in [2.45, 2.75) is 0 Å². The van der Waals surface area contributed by atoms with Crippen LogP contribution in [0.25, 0.3) is 28.2 Å². The zero-order chi connectivity index (χ0) is 18.5. The fourth-order valence-electron chi connectivity index (χ4n) is 2.89. The van der Waals surface area contributed by atoms with E-state index in [0.29, 0.717) is 23.5 Å². The van der Waals surface area contributed by atoms with Gasteiger partial charge in [0.15, 0.2) is 0 Å². The predicted octanol–water partition coefficient (Wildman–Crippen LogP) is 5.55. The first-order valence-corrected chi connectivity index (χ1v) is 8.77. The van der Waals surface area contributed by atoms with Gasteiger partial charge in [-0.15, -0.1) is 0 Å². The number of rotatable bonds is 5. The van der Waals surface area contributed by atoms with Crippen molar-refractivity contribution in [2.24, 2.45) is 0 Å². The third-order valence-electron chi connectivity index (χ3n) is 4.25. The molecule has 0 spiro atoms. The second-order valence-electron chi connectivity index (χ2n) is 6.14. The molecule has 0 saturated carbocycles. The van der Waals surface area contributed by atoms with Crippen molar-refractivity contribution < 1.29 is 9.15 Å². The maximum absolute atomic E-state index is 12.3. The molecule has 0 N–H and O–H groups in total. The molecule has 0 saturated heterocycles. The van der Waals surface area contributed by atoms with E-state index in [0.717, 1.165) is 16.5 Å². The van der Waals surface area contributed by atoms with Crippen LogP contribution in [-0.4, -0.2) is 6.61 Å². The molecule has 3 nitrogen and oxygen atoms in total. The van der Waals surface area contributed by atoms with Crippen LogP contribution in [0.1, 0.15) is 5.56 Å². The van der Waals surface area contributed by atoms with E-state index in [4.69, 9.17) is 9.15 Å². The molecule has 3 heteroatoms. The maximum atomic E-state index is 12.3. The SMILES string of the molecule is O=c1oc2cc(OC/C=C/c3ccccc3)ccc2cc1-c1ccccc1. The molecular formula is C24H18O3. The van der Waals surface area contributed by atoms with Gasteiger partial charge in [-0.05, 0) is 35.4 Å². The van der Waals surface area contributed by atoms with Crippen LogP contribution in [0.4, 0.5) is 0 Å². The summed E-state index contributed by atoms with van der Waals surface area (Å²) in [5.74, 6) is 0.663. The van der Waals surface area contributed by atoms with Crippen molar-refractivity contribution in [2.75, 3.05) is 6.61 Å². The fourth-order valence-corrected chi connectivity index (χ4v) is 2.89. The highest BCUT2D eigenvalue weighted by molar-refractivity contribution is 5.82. The van der Waals surface area contributed by atoms with Gasteiger partial charge in [0, 0.05) is 11.5 Å². The molecule has 4 rings (SSSR count). The van der Waals surface area contributed by atoms with E-state index in [9.17, 15) is 4.79 Å². The lowest BCUT2D eigenvalue weighted by atomic mass is 10.1. The Morgan fingerprint density at radius 1 is 0.852 bits per heavy atom. The minimum absolute atomic E-state index is 0.352. The fraction of sp³-hybridized carbons (Fsp3) is 0.0417. The minimum atomic E-state index is -0.352. The highest BCUT2D eigenvalue weighted by Crippen LogP contribution is 2.24. The van der Waals surface area contributed by atoms with Crippen molar-refractivity contribution in [3.05, 3.63) is 107 Å². The van der Waals surface area contributed by atoms with Crippen LogP contribution in [0.5, 0.6) is 5.75 Å². The predicted molar refractivity (Wildman–Crippen MR) is 109 cm³/mol. The lowest BCUT2D eigenvalue weighted by molar-refractivity contribution is 0.363. The van der Waals surface area contributed by atoms with Crippen molar-refractivity contribution in [1.29, 1.82) is 0 Å². The van der Waals surface area contributed by atoms with Gasteiger partial charge in [-0.3, -0.25) is 0 Å². The van der Waals surface area contributed by atoms with E-state index in [1.807, 2.05) is 91.0 Å². The van der Waals surface area contributed by atoms with Gasteiger partial charge in [-0.2, -0.15) is 0 Å². The summed E-state index contributed by atoms with van der Waals surface area (Å²) in [6.45, 7) is 0.437. The summed E-state index contributed by atoms with van der Waals surface area (Å²) < 4.78 is 11.3. The van der Waals surface area contributed by atoms with E-state index in [2.05, 4.69) is 0 Å². The standard InChI is InChI=1S/C24H18O3/c25-24-22(19-11-5-2-6-12-19)16-20-13-14-21(17-23(20)27-24)26-15-7-10-18-8-3-1-4-9-18/h1-14,16-17H,15H2/b10-7+. The molecular weight excluding hydrogens is 336 g/mol. The molecule has 0 fully saturated rings. The van der Waals surface area contributed by atoms with E-state index in [1.165, 1.54) is 0 Å². The van der Waals surface area contributed by atoms with Gasteiger partial charge in [-0.25, -0.2) is 4.79 Å². The second-order valence-corrected chi connectivity index (χ2v) is 6.14. The number of hydrogen-bond acceptors (Lipinski definition) is 3. The molecule has 132 valence electrons. The van der Waals surface area contributed by atoms with Crippen LogP contribution in [0, 0.1) is 0 Å². The van der Waals surface area contributed by atoms with E-state index in [1.54, 1.807) is 6.07 Å². The van der Waals surface area contributed by atoms with Crippen LogP contribution in [-0.2, 0) is 0 Å². The first kappa shape index (κ1) is 16.9. The van der Waals surface area contributed by atoms with Gasteiger partial charge >= 0.3 is 5.63 Å². The van der Waals surface area contributed by atoms with Crippen LogP contribution in [0.2, 0.25) is 0 Å². The van der Waals surface area contributed by atoms with Gasteiger partial charge in [-0.1, -0.05) is 66.7 Å². The summed E-state index contributed by atoms with van der Waals surface area (Å²) >= 11 is 0. The number of benzene rings is 3. The average Bonchev–Trinajstić information content (AvgIpc) is 2.72. The Balaban J connectivity index is 1.53. The lowest BCUT2D eigenvalue weighted by Gasteiger charge is -2.06. The normalized spacial score (nSPS) is 11.1. The molecule has 0 unspecified atom stereocenters. The molecule has 0 amide bonds. The first-order chi connectivity index (χ1) is 13.3. The molecule has 3 aromatic carbocycles. The van der Waals surface area contributed by atoms with E-state index < -0.39 is 0 Å².